The number of furan rings is 1. The molecule has 4 rings (SSSR count). The molecule has 30 heavy (non-hydrogen) atoms. The van der Waals surface area contributed by atoms with E-state index in [2.05, 4.69) is 0 Å². The van der Waals surface area contributed by atoms with Crippen LogP contribution < -0.4 is 15.2 Å². The fourth-order valence-corrected chi connectivity index (χ4v) is 3.21. The lowest BCUT2D eigenvalue weighted by molar-refractivity contribution is -0.385. The number of carbonyl (C=O) groups excluding carboxylic acids is 1. The van der Waals surface area contributed by atoms with Crippen molar-refractivity contribution in [2.24, 2.45) is 5.73 Å². The standard InChI is InChI=1S/C21H13N3O6/c22-11-15-19(17-6-3-9-28-17)14-8-7-12(10-18(14)30-20(15)23)29-21(25)13-4-1-2-5-16(13)24(26)27/h1-10,19H,23H2. The Bertz CT molecular complexity index is 1220. The number of allylic oxidation sites excluding steroid dienone is 1. The first-order valence-corrected chi connectivity index (χ1v) is 8.70. The van der Waals surface area contributed by atoms with E-state index in [0.717, 1.165) is 0 Å². The van der Waals surface area contributed by atoms with Crippen molar-refractivity contribution in [1.82, 2.24) is 0 Å². The summed E-state index contributed by atoms with van der Waals surface area (Å²) >= 11 is 0. The van der Waals surface area contributed by atoms with Crippen molar-refractivity contribution in [3.63, 3.8) is 0 Å². The quantitative estimate of drug-likeness (QED) is 0.301. The number of carbonyl (C=O) groups is 1. The minimum Gasteiger partial charge on any atom is -0.468 e. The summed E-state index contributed by atoms with van der Waals surface area (Å²) in [6, 6.07) is 15.5. The van der Waals surface area contributed by atoms with Crippen LogP contribution in [-0.2, 0) is 0 Å². The van der Waals surface area contributed by atoms with Gasteiger partial charge in [-0.15, -0.1) is 0 Å². The Kier molecular flexibility index (Phi) is 4.66. The van der Waals surface area contributed by atoms with Gasteiger partial charge < -0.3 is 19.6 Å². The molecule has 0 saturated heterocycles. The van der Waals surface area contributed by atoms with E-state index in [1.807, 2.05) is 6.07 Å². The highest BCUT2D eigenvalue weighted by Gasteiger charge is 2.33. The largest absolute Gasteiger partial charge is 0.468 e. The average molecular weight is 403 g/mol. The van der Waals surface area contributed by atoms with Gasteiger partial charge in [-0.25, -0.2) is 4.79 Å². The topological polar surface area (TPSA) is 142 Å². The molecule has 2 aromatic carbocycles. The number of nitro benzene ring substituents is 1. The van der Waals surface area contributed by atoms with Gasteiger partial charge in [-0.3, -0.25) is 10.1 Å². The van der Waals surface area contributed by atoms with E-state index in [1.54, 1.807) is 18.2 Å². The molecular formula is C21H13N3O6. The maximum atomic E-state index is 12.5. The van der Waals surface area contributed by atoms with E-state index in [1.165, 1.54) is 42.7 Å². The normalized spacial score (nSPS) is 15.0. The number of benzene rings is 2. The zero-order chi connectivity index (χ0) is 21.3. The number of nitrogens with two attached hydrogens (primary N) is 1. The second-order valence-electron chi connectivity index (χ2n) is 6.30. The van der Waals surface area contributed by atoms with Crippen LogP contribution in [0.5, 0.6) is 11.5 Å². The van der Waals surface area contributed by atoms with Crippen LogP contribution in [0, 0.1) is 21.4 Å². The molecule has 1 aliphatic heterocycles. The summed E-state index contributed by atoms with van der Waals surface area (Å²) < 4.78 is 16.3. The van der Waals surface area contributed by atoms with Gasteiger partial charge in [0.2, 0.25) is 5.88 Å². The molecule has 9 nitrogen and oxygen atoms in total. The lowest BCUT2D eigenvalue weighted by atomic mass is 9.87. The maximum Gasteiger partial charge on any atom is 0.350 e. The van der Waals surface area contributed by atoms with Crippen LogP contribution in [0.25, 0.3) is 0 Å². The number of ether oxygens (including phenoxy) is 2. The van der Waals surface area contributed by atoms with Crippen molar-refractivity contribution < 1.29 is 23.6 Å². The zero-order valence-electron chi connectivity index (χ0n) is 15.3. The molecule has 1 unspecified atom stereocenters. The molecule has 148 valence electrons. The minimum atomic E-state index is -0.887. The van der Waals surface area contributed by atoms with Crippen molar-refractivity contribution >= 4 is 11.7 Å². The van der Waals surface area contributed by atoms with Gasteiger partial charge in [-0.1, -0.05) is 18.2 Å². The number of esters is 1. The predicted octanol–water partition coefficient (Wildman–Crippen LogP) is 3.63. The van der Waals surface area contributed by atoms with E-state index in [4.69, 9.17) is 19.6 Å². The Morgan fingerprint density at radius 1 is 1.20 bits per heavy atom. The summed E-state index contributed by atoms with van der Waals surface area (Å²) in [7, 11) is 0. The molecule has 1 aliphatic rings. The molecule has 1 atom stereocenters. The SMILES string of the molecule is N#CC1=C(N)Oc2cc(OC(=O)c3ccccc3[N+](=O)[O-])ccc2C1c1ccco1. The Hall–Kier alpha value is -4.58. The summed E-state index contributed by atoms with van der Waals surface area (Å²) in [5.74, 6) is -0.670. The molecule has 0 radical (unpaired) electrons. The fourth-order valence-electron chi connectivity index (χ4n) is 3.21. The van der Waals surface area contributed by atoms with Gasteiger partial charge in [-0.05, 0) is 24.3 Å². The van der Waals surface area contributed by atoms with E-state index in [9.17, 15) is 20.2 Å². The van der Waals surface area contributed by atoms with Gasteiger partial charge in [0, 0.05) is 17.7 Å². The van der Waals surface area contributed by atoms with Crippen molar-refractivity contribution in [3.8, 4) is 17.6 Å². The van der Waals surface area contributed by atoms with Crippen molar-refractivity contribution in [2.75, 3.05) is 0 Å². The van der Waals surface area contributed by atoms with E-state index >= 15 is 0 Å². The number of nitrogens with zero attached hydrogens (tertiary/aromatic N) is 2. The lowest BCUT2D eigenvalue weighted by Crippen LogP contribution is -2.21. The molecular weight excluding hydrogens is 390 g/mol. The van der Waals surface area contributed by atoms with Gasteiger partial charge >= 0.3 is 5.97 Å². The number of fused-ring (bicyclic) bond motifs is 1. The molecule has 0 spiro atoms. The van der Waals surface area contributed by atoms with E-state index in [-0.39, 0.29) is 34.2 Å². The molecule has 0 saturated carbocycles. The van der Waals surface area contributed by atoms with Gasteiger partial charge in [0.25, 0.3) is 5.69 Å². The summed E-state index contributed by atoms with van der Waals surface area (Å²) in [6.07, 6.45) is 1.48. The van der Waals surface area contributed by atoms with Gasteiger partial charge in [0.15, 0.2) is 0 Å². The maximum absolute atomic E-state index is 12.5. The number of hydrogen-bond donors (Lipinski definition) is 1. The summed E-state index contributed by atoms with van der Waals surface area (Å²) in [5, 5.41) is 20.6. The number of para-hydroxylation sites is 1. The second-order valence-corrected chi connectivity index (χ2v) is 6.30. The predicted molar refractivity (Wildman–Crippen MR) is 103 cm³/mol. The molecule has 2 N–H and O–H groups in total. The van der Waals surface area contributed by atoms with Crippen molar-refractivity contribution in [2.45, 2.75) is 5.92 Å². The number of nitro groups is 1. The average Bonchev–Trinajstić information content (AvgIpc) is 3.27. The molecule has 0 bridgehead atoms. The Morgan fingerprint density at radius 2 is 2.00 bits per heavy atom. The molecule has 2 heterocycles. The fraction of sp³-hybridized carbons (Fsp3) is 0.0476. The van der Waals surface area contributed by atoms with E-state index < -0.39 is 16.8 Å². The lowest BCUT2D eigenvalue weighted by Gasteiger charge is -2.25. The third-order valence-corrected chi connectivity index (χ3v) is 4.55. The highest BCUT2D eigenvalue weighted by Crippen LogP contribution is 2.43. The van der Waals surface area contributed by atoms with Crippen LogP contribution >= 0.6 is 0 Å². The molecule has 1 aromatic heterocycles. The summed E-state index contributed by atoms with van der Waals surface area (Å²) in [5.41, 5.74) is 6.16. The van der Waals surface area contributed by atoms with Crippen molar-refractivity contribution in [3.05, 3.63) is 99.3 Å². The molecule has 0 amide bonds. The van der Waals surface area contributed by atoms with E-state index in [0.29, 0.717) is 11.3 Å². The Balaban J connectivity index is 1.68. The number of rotatable bonds is 4. The monoisotopic (exact) mass is 403 g/mol. The second kappa shape index (κ2) is 7.44. The Labute approximate surface area is 169 Å². The van der Waals surface area contributed by atoms with Gasteiger partial charge in [0.05, 0.1) is 17.1 Å². The molecule has 0 aliphatic carbocycles. The zero-order valence-corrected chi connectivity index (χ0v) is 15.3. The van der Waals surface area contributed by atoms with Crippen LogP contribution in [0.3, 0.4) is 0 Å². The van der Waals surface area contributed by atoms with Gasteiger partial charge in [0.1, 0.15) is 34.5 Å². The highest BCUT2D eigenvalue weighted by atomic mass is 16.6. The molecule has 9 heteroatoms. The van der Waals surface area contributed by atoms with Crippen molar-refractivity contribution in [1.29, 1.82) is 5.26 Å². The first-order chi connectivity index (χ1) is 14.5. The van der Waals surface area contributed by atoms with Crippen LogP contribution in [0.1, 0.15) is 27.6 Å². The summed E-state index contributed by atoms with van der Waals surface area (Å²) in [4.78, 5) is 22.9. The third kappa shape index (κ3) is 3.22. The first-order valence-electron chi connectivity index (χ1n) is 8.70. The molecule has 0 fully saturated rings. The first kappa shape index (κ1) is 18.8. The highest BCUT2D eigenvalue weighted by molar-refractivity contribution is 5.95. The minimum absolute atomic E-state index is 0.0893. The summed E-state index contributed by atoms with van der Waals surface area (Å²) in [6.45, 7) is 0. The number of hydrogen-bond acceptors (Lipinski definition) is 8. The smallest absolute Gasteiger partial charge is 0.350 e. The van der Waals surface area contributed by atoms with Crippen LogP contribution in [0.4, 0.5) is 5.69 Å². The van der Waals surface area contributed by atoms with Crippen LogP contribution in [0.15, 0.2) is 76.7 Å². The third-order valence-electron chi connectivity index (χ3n) is 4.55. The van der Waals surface area contributed by atoms with Gasteiger partial charge in [-0.2, -0.15) is 5.26 Å². The number of nitriles is 1. The van der Waals surface area contributed by atoms with Crippen LogP contribution in [0.2, 0.25) is 0 Å². The van der Waals surface area contributed by atoms with Crippen LogP contribution in [-0.4, -0.2) is 10.9 Å². The molecule has 3 aromatic rings. The Morgan fingerprint density at radius 3 is 2.70 bits per heavy atom.